The molecular formula is C15H12BrF2N5O. The first kappa shape index (κ1) is 16.4. The van der Waals surface area contributed by atoms with Crippen molar-refractivity contribution in [2.45, 2.75) is 19.8 Å². The lowest BCUT2D eigenvalue weighted by atomic mass is 10.2. The number of halogens is 3. The lowest BCUT2D eigenvalue weighted by Gasteiger charge is -2.11. The van der Waals surface area contributed by atoms with Crippen molar-refractivity contribution in [3.8, 4) is 5.95 Å². The molecule has 24 heavy (non-hydrogen) atoms. The van der Waals surface area contributed by atoms with Crippen LogP contribution in [0.1, 0.15) is 19.5 Å². The van der Waals surface area contributed by atoms with Crippen molar-refractivity contribution in [3.63, 3.8) is 0 Å². The molecule has 9 heteroatoms. The first-order valence-electron chi connectivity index (χ1n) is 6.91. The highest BCUT2D eigenvalue weighted by Crippen LogP contribution is 2.30. The third-order valence-corrected chi connectivity index (χ3v) is 3.89. The Morgan fingerprint density at radius 1 is 1.38 bits per heavy atom. The van der Waals surface area contributed by atoms with Crippen LogP contribution in [0.5, 0.6) is 0 Å². The zero-order valence-electron chi connectivity index (χ0n) is 12.7. The van der Waals surface area contributed by atoms with E-state index in [1.807, 2.05) is 0 Å². The van der Waals surface area contributed by atoms with E-state index in [1.165, 1.54) is 19.2 Å². The van der Waals surface area contributed by atoms with E-state index in [4.69, 9.17) is 0 Å². The van der Waals surface area contributed by atoms with Crippen molar-refractivity contribution in [3.05, 3.63) is 40.9 Å². The van der Waals surface area contributed by atoms with Crippen molar-refractivity contribution < 1.29 is 13.6 Å². The molecular weight excluding hydrogens is 384 g/mol. The van der Waals surface area contributed by atoms with Crippen LogP contribution >= 0.6 is 15.9 Å². The van der Waals surface area contributed by atoms with Gasteiger partial charge in [-0.3, -0.25) is 9.36 Å². The molecule has 0 atom stereocenters. The minimum atomic E-state index is -3.07. The third-order valence-electron chi connectivity index (χ3n) is 3.25. The second-order valence-corrected chi connectivity index (χ2v) is 6.10. The summed E-state index contributed by atoms with van der Waals surface area (Å²) in [5.74, 6) is -2.88. The van der Waals surface area contributed by atoms with E-state index in [1.54, 1.807) is 23.0 Å². The Bertz CT molecular complexity index is 935. The normalized spacial score (nSPS) is 11.7. The van der Waals surface area contributed by atoms with Crippen LogP contribution in [-0.4, -0.2) is 25.4 Å². The molecule has 0 saturated carbocycles. The molecule has 0 aliphatic carbocycles. The Balaban J connectivity index is 2.17. The van der Waals surface area contributed by atoms with E-state index in [9.17, 15) is 13.6 Å². The van der Waals surface area contributed by atoms with Gasteiger partial charge >= 0.3 is 0 Å². The number of nitrogens with one attached hydrogen (secondary N) is 1. The van der Waals surface area contributed by atoms with Crippen molar-refractivity contribution in [1.29, 1.82) is 0 Å². The van der Waals surface area contributed by atoms with Gasteiger partial charge in [0.05, 0.1) is 5.52 Å². The molecule has 1 N–H and O–H groups in total. The second kappa shape index (κ2) is 5.90. The molecule has 6 nitrogen and oxygen atoms in total. The van der Waals surface area contributed by atoms with Crippen LogP contribution < -0.4 is 5.32 Å². The summed E-state index contributed by atoms with van der Waals surface area (Å²) in [6.07, 6.45) is 4.51. The van der Waals surface area contributed by atoms with Crippen molar-refractivity contribution in [1.82, 2.24) is 19.5 Å². The fourth-order valence-electron chi connectivity index (χ4n) is 2.20. The fourth-order valence-corrected chi connectivity index (χ4v) is 2.71. The lowest BCUT2D eigenvalue weighted by molar-refractivity contribution is -0.114. The molecule has 0 spiro atoms. The fraction of sp³-hybridized carbons (Fsp3) is 0.200. The predicted molar refractivity (Wildman–Crippen MR) is 88.2 cm³/mol. The summed E-state index contributed by atoms with van der Waals surface area (Å²) in [5, 5.41) is 3.32. The minimum absolute atomic E-state index is 0.102. The number of pyridine rings is 1. The molecule has 0 aromatic carbocycles. The van der Waals surface area contributed by atoms with Crippen molar-refractivity contribution in [2.75, 3.05) is 5.32 Å². The first-order valence-corrected chi connectivity index (χ1v) is 7.71. The number of nitrogens with zero attached hydrogens (tertiary/aromatic N) is 4. The van der Waals surface area contributed by atoms with Gasteiger partial charge in [0.15, 0.2) is 0 Å². The number of hydrogen-bond donors (Lipinski definition) is 1. The first-order chi connectivity index (χ1) is 11.3. The molecule has 0 saturated heterocycles. The summed E-state index contributed by atoms with van der Waals surface area (Å²) in [6.45, 7) is 2.15. The summed E-state index contributed by atoms with van der Waals surface area (Å²) < 4.78 is 29.3. The van der Waals surface area contributed by atoms with Crippen molar-refractivity contribution in [2.24, 2.45) is 0 Å². The van der Waals surface area contributed by atoms with Gasteiger partial charge in [0.2, 0.25) is 11.9 Å². The standard InChI is InChI=1S/C15H12BrF2N5O/c1-8(24)21-13-5-11-9(6-20-13)10(16)7-23(11)14-19-4-3-12(22-14)15(2,17)18/h3-7H,1-2H3,(H,20,21,24). The predicted octanol–water partition coefficient (Wildman–Crippen LogP) is 3.65. The monoisotopic (exact) mass is 395 g/mol. The van der Waals surface area contributed by atoms with Gasteiger partial charge in [-0.1, -0.05) is 0 Å². The third kappa shape index (κ3) is 3.12. The number of anilines is 1. The van der Waals surface area contributed by atoms with Crippen LogP contribution in [0.2, 0.25) is 0 Å². The summed E-state index contributed by atoms with van der Waals surface area (Å²) in [4.78, 5) is 23.3. The number of amides is 1. The molecule has 0 bridgehead atoms. The van der Waals surface area contributed by atoms with E-state index in [-0.39, 0.29) is 17.5 Å². The highest BCUT2D eigenvalue weighted by atomic mass is 79.9. The quantitative estimate of drug-likeness (QED) is 0.734. The molecule has 0 aliphatic rings. The maximum Gasteiger partial charge on any atom is 0.287 e. The smallest absolute Gasteiger partial charge is 0.287 e. The van der Waals surface area contributed by atoms with Crippen LogP contribution in [0.15, 0.2) is 35.2 Å². The topological polar surface area (TPSA) is 72.7 Å². The summed E-state index contributed by atoms with van der Waals surface area (Å²) in [7, 11) is 0. The number of fused-ring (bicyclic) bond motifs is 1. The molecule has 0 fully saturated rings. The number of carbonyl (C=O) groups excluding carboxylic acids is 1. The van der Waals surface area contributed by atoms with Gasteiger partial charge in [-0.05, 0) is 22.0 Å². The highest BCUT2D eigenvalue weighted by molar-refractivity contribution is 9.10. The van der Waals surface area contributed by atoms with Crippen LogP contribution in [0.25, 0.3) is 16.9 Å². The molecule has 1 amide bonds. The van der Waals surface area contributed by atoms with Gasteiger partial charge < -0.3 is 5.32 Å². The molecule has 3 rings (SSSR count). The van der Waals surface area contributed by atoms with Gasteiger partial charge in [0.1, 0.15) is 11.5 Å². The zero-order chi connectivity index (χ0) is 17.5. The SMILES string of the molecule is CC(=O)Nc1cc2c(cn1)c(Br)cn2-c1nccc(C(C)(F)F)n1. The highest BCUT2D eigenvalue weighted by Gasteiger charge is 2.27. The molecule has 3 aromatic heterocycles. The number of carbonyl (C=O) groups is 1. The van der Waals surface area contributed by atoms with Gasteiger partial charge in [-0.2, -0.15) is 8.78 Å². The van der Waals surface area contributed by atoms with Crippen LogP contribution in [-0.2, 0) is 10.7 Å². The molecule has 0 aliphatic heterocycles. The molecule has 0 unspecified atom stereocenters. The Kier molecular flexibility index (Phi) is 4.04. The number of aromatic nitrogens is 4. The Hall–Kier alpha value is -2.42. The van der Waals surface area contributed by atoms with Crippen molar-refractivity contribution >= 4 is 38.6 Å². The largest absolute Gasteiger partial charge is 0.311 e. The Morgan fingerprint density at radius 2 is 2.12 bits per heavy atom. The summed E-state index contributed by atoms with van der Waals surface area (Å²) in [6, 6.07) is 2.80. The van der Waals surface area contributed by atoms with Gasteiger partial charge in [0.25, 0.3) is 5.92 Å². The Labute approximate surface area is 144 Å². The molecule has 0 radical (unpaired) electrons. The molecule has 3 aromatic rings. The van der Waals surface area contributed by atoms with E-state index < -0.39 is 5.92 Å². The maximum absolute atomic E-state index is 13.5. The Morgan fingerprint density at radius 3 is 2.79 bits per heavy atom. The molecule has 3 heterocycles. The van der Waals surface area contributed by atoms with E-state index >= 15 is 0 Å². The number of hydrogen-bond acceptors (Lipinski definition) is 4. The van der Waals surface area contributed by atoms with Gasteiger partial charge in [-0.15, -0.1) is 0 Å². The number of alkyl halides is 2. The zero-order valence-corrected chi connectivity index (χ0v) is 14.3. The second-order valence-electron chi connectivity index (χ2n) is 5.25. The summed E-state index contributed by atoms with van der Waals surface area (Å²) >= 11 is 3.40. The van der Waals surface area contributed by atoms with E-state index in [0.29, 0.717) is 15.8 Å². The lowest BCUT2D eigenvalue weighted by Crippen LogP contribution is -2.12. The van der Waals surface area contributed by atoms with E-state index in [0.717, 1.165) is 12.3 Å². The minimum Gasteiger partial charge on any atom is -0.311 e. The van der Waals surface area contributed by atoms with Crippen LogP contribution in [0.3, 0.4) is 0 Å². The summed E-state index contributed by atoms with van der Waals surface area (Å²) in [5.41, 5.74) is 0.249. The van der Waals surface area contributed by atoms with E-state index in [2.05, 4.69) is 36.2 Å². The molecule has 124 valence electrons. The average Bonchev–Trinajstić information content (AvgIpc) is 2.83. The maximum atomic E-state index is 13.5. The van der Waals surface area contributed by atoms with Crippen LogP contribution in [0, 0.1) is 0 Å². The van der Waals surface area contributed by atoms with Crippen LogP contribution in [0.4, 0.5) is 14.6 Å². The van der Waals surface area contributed by atoms with Gasteiger partial charge in [0, 0.05) is 48.4 Å². The average molecular weight is 396 g/mol. The number of rotatable bonds is 3. The van der Waals surface area contributed by atoms with Gasteiger partial charge in [-0.25, -0.2) is 15.0 Å².